The lowest BCUT2D eigenvalue weighted by molar-refractivity contribution is 0.585. The third-order valence-electron chi connectivity index (χ3n) is 2.90. The molecule has 0 amide bonds. The van der Waals surface area contributed by atoms with Crippen LogP contribution in [0.4, 0.5) is 20.2 Å². The van der Waals surface area contributed by atoms with Crippen molar-refractivity contribution >= 4 is 23.1 Å². The molecule has 2 nitrogen and oxygen atoms in total. The van der Waals surface area contributed by atoms with Crippen LogP contribution in [-0.4, -0.2) is 6.26 Å². The van der Waals surface area contributed by atoms with Gasteiger partial charge in [-0.05, 0) is 36.9 Å². The van der Waals surface area contributed by atoms with Gasteiger partial charge >= 0.3 is 0 Å². The van der Waals surface area contributed by atoms with Crippen molar-refractivity contribution in [1.29, 1.82) is 5.26 Å². The zero-order valence-corrected chi connectivity index (χ0v) is 11.8. The molecule has 1 N–H and O–H groups in total. The van der Waals surface area contributed by atoms with Gasteiger partial charge in [0.25, 0.3) is 0 Å². The molecule has 0 saturated carbocycles. The Balaban J connectivity index is 2.52. The maximum Gasteiger partial charge on any atom is 0.152 e. The molecular weight excluding hydrogens is 278 g/mol. The first-order chi connectivity index (χ1) is 9.58. The van der Waals surface area contributed by atoms with E-state index >= 15 is 0 Å². The Bertz CT molecular complexity index is 693. The number of nitrogens with one attached hydrogen (secondary N) is 1. The molecule has 2 aromatic rings. The summed E-state index contributed by atoms with van der Waals surface area (Å²) in [5.74, 6) is -1.34. The van der Waals surface area contributed by atoms with Crippen molar-refractivity contribution in [2.75, 3.05) is 11.6 Å². The standard InChI is InChI=1S/C15H12F2N2S/c1-9-6-7-11(16)15(14(9)17)19-12-4-3-5-13(20-2)10(12)8-18/h3-7,19H,1-2H3. The van der Waals surface area contributed by atoms with Gasteiger partial charge in [0.1, 0.15) is 17.6 Å². The Morgan fingerprint density at radius 3 is 2.60 bits per heavy atom. The van der Waals surface area contributed by atoms with E-state index in [4.69, 9.17) is 0 Å². The molecule has 0 aliphatic rings. The first-order valence-electron chi connectivity index (χ1n) is 5.87. The number of thioether (sulfide) groups is 1. The topological polar surface area (TPSA) is 35.8 Å². The van der Waals surface area contributed by atoms with Crippen LogP contribution < -0.4 is 5.32 Å². The zero-order valence-electron chi connectivity index (χ0n) is 11.0. The number of nitriles is 1. The van der Waals surface area contributed by atoms with Crippen LogP contribution in [0.5, 0.6) is 0 Å². The van der Waals surface area contributed by atoms with Gasteiger partial charge in [-0.3, -0.25) is 0 Å². The van der Waals surface area contributed by atoms with Crippen molar-refractivity contribution in [1.82, 2.24) is 0 Å². The van der Waals surface area contributed by atoms with E-state index in [9.17, 15) is 14.0 Å². The highest BCUT2D eigenvalue weighted by Crippen LogP contribution is 2.31. The lowest BCUT2D eigenvalue weighted by atomic mass is 10.1. The van der Waals surface area contributed by atoms with E-state index in [-0.39, 0.29) is 5.69 Å². The summed E-state index contributed by atoms with van der Waals surface area (Å²) in [5.41, 5.74) is 0.872. The zero-order chi connectivity index (χ0) is 14.7. The minimum atomic E-state index is -0.688. The minimum absolute atomic E-state index is 0.236. The second kappa shape index (κ2) is 5.93. The Morgan fingerprint density at radius 2 is 1.95 bits per heavy atom. The highest BCUT2D eigenvalue weighted by Gasteiger charge is 2.14. The van der Waals surface area contributed by atoms with E-state index in [0.29, 0.717) is 16.8 Å². The van der Waals surface area contributed by atoms with Crippen LogP contribution in [0.1, 0.15) is 11.1 Å². The number of anilines is 2. The Hall–Kier alpha value is -2.06. The fourth-order valence-electron chi connectivity index (χ4n) is 1.83. The van der Waals surface area contributed by atoms with E-state index in [1.54, 1.807) is 25.1 Å². The van der Waals surface area contributed by atoms with E-state index in [1.807, 2.05) is 6.26 Å². The quantitative estimate of drug-likeness (QED) is 0.838. The van der Waals surface area contributed by atoms with Crippen molar-refractivity contribution < 1.29 is 8.78 Å². The van der Waals surface area contributed by atoms with E-state index < -0.39 is 11.6 Å². The summed E-state index contributed by atoms with van der Waals surface area (Å²) in [4.78, 5) is 0.756. The Kier molecular flexibility index (Phi) is 4.26. The molecule has 0 aliphatic heterocycles. The van der Waals surface area contributed by atoms with Gasteiger partial charge in [0.05, 0.1) is 11.3 Å². The van der Waals surface area contributed by atoms with Crippen LogP contribution >= 0.6 is 11.8 Å². The maximum atomic E-state index is 14.0. The largest absolute Gasteiger partial charge is 0.350 e. The SMILES string of the molecule is CSc1cccc(Nc2c(F)ccc(C)c2F)c1C#N. The van der Waals surface area contributed by atoms with Crippen LogP contribution in [0, 0.1) is 29.9 Å². The molecule has 0 fully saturated rings. The molecule has 0 atom stereocenters. The van der Waals surface area contributed by atoms with Crippen molar-refractivity contribution in [3.63, 3.8) is 0 Å². The maximum absolute atomic E-state index is 14.0. The monoisotopic (exact) mass is 290 g/mol. The molecule has 0 saturated heterocycles. The second-order valence-electron chi connectivity index (χ2n) is 4.17. The number of hydrogen-bond acceptors (Lipinski definition) is 3. The highest BCUT2D eigenvalue weighted by atomic mass is 32.2. The van der Waals surface area contributed by atoms with E-state index in [1.165, 1.54) is 23.9 Å². The van der Waals surface area contributed by atoms with Gasteiger partial charge in [0.2, 0.25) is 0 Å². The fraction of sp³-hybridized carbons (Fsp3) is 0.133. The lowest BCUT2D eigenvalue weighted by Crippen LogP contribution is -2.01. The number of nitrogens with zero attached hydrogens (tertiary/aromatic N) is 1. The van der Waals surface area contributed by atoms with Gasteiger partial charge in [-0.15, -0.1) is 11.8 Å². The summed E-state index contributed by atoms with van der Waals surface area (Å²) in [6, 6.07) is 9.78. The van der Waals surface area contributed by atoms with Gasteiger partial charge in [-0.2, -0.15) is 5.26 Å². The summed E-state index contributed by atoms with van der Waals surface area (Å²) in [5, 5.41) is 11.9. The summed E-state index contributed by atoms with van der Waals surface area (Å²) in [6.07, 6.45) is 1.84. The van der Waals surface area contributed by atoms with Gasteiger partial charge in [0.15, 0.2) is 5.82 Å². The first-order valence-corrected chi connectivity index (χ1v) is 7.09. The number of benzene rings is 2. The van der Waals surface area contributed by atoms with Crippen LogP contribution in [0.2, 0.25) is 0 Å². The predicted molar refractivity (Wildman–Crippen MR) is 77.3 cm³/mol. The smallest absolute Gasteiger partial charge is 0.152 e. The molecule has 5 heteroatoms. The van der Waals surface area contributed by atoms with Crippen molar-refractivity contribution in [2.45, 2.75) is 11.8 Å². The lowest BCUT2D eigenvalue weighted by Gasteiger charge is -2.13. The van der Waals surface area contributed by atoms with Gasteiger partial charge < -0.3 is 5.32 Å². The molecule has 2 rings (SSSR count). The van der Waals surface area contributed by atoms with Gasteiger partial charge in [-0.25, -0.2) is 8.78 Å². The number of halogens is 2. The Morgan fingerprint density at radius 1 is 1.20 bits per heavy atom. The molecule has 0 heterocycles. The molecule has 0 aromatic heterocycles. The fourth-order valence-corrected chi connectivity index (χ4v) is 2.40. The second-order valence-corrected chi connectivity index (χ2v) is 5.02. The molecular formula is C15H12F2N2S. The van der Waals surface area contributed by atoms with Crippen LogP contribution in [0.15, 0.2) is 35.2 Å². The summed E-state index contributed by atoms with van der Waals surface area (Å²) in [7, 11) is 0. The van der Waals surface area contributed by atoms with E-state index in [2.05, 4.69) is 11.4 Å². The van der Waals surface area contributed by atoms with Gasteiger partial charge in [0, 0.05) is 4.90 Å². The van der Waals surface area contributed by atoms with Crippen LogP contribution in [0.25, 0.3) is 0 Å². The van der Waals surface area contributed by atoms with Crippen LogP contribution in [-0.2, 0) is 0 Å². The third-order valence-corrected chi connectivity index (χ3v) is 3.68. The molecule has 20 heavy (non-hydrogen) atoms. The predicted octanol–water partition coefficient (Wildman–Crippen LogP) is 4.61. The molecule has 0 aliphatic carbocycles. The average molecular weight is 290 g/mol. The molecule has 0 bridgehead atoms. The molecule has 2 aromatic carbocycles. The number of aryl methyl sites for hydroxylation is 1. The third kappa shape index (κ3) is 2.61. The summed E-state index contributed by atoms with van der Waals surface area (Å²) < 4.78 is 27.7. The van der Waals surface area contributed by atoms with Crippen molar-refractivity contribution in [2.24, 2.45) is 0 Å². The first kappa shape index (κ1) is 14.4. The summed E-state index contributed by atoms with van der Waals surface area (Å²) in [6.45, 7) is 1.56. The molecule has 0 radical (unpaired) electrons. The van der Waals surface area contributed by atoms with Gasteiger partial charge in [-0.1, -0.05) is 12.1 Å². The molecule has 0 unspecified atom stereocenters. The minimum Gasteiger partial charge on any atom is -0.350 e. The molecule has 102 valence electrons. The Labute approximate surface area is 120 Å². The number of rotatable bonds is 3. The number of hydrogen-bond donors (Lipinski definition) is 1. The van der Waals surface area contributed by atoms with Crippen LogP contribution in [0.3, 0.4) is 0 Å². The van der Waals surface area contributed by atoms with Crippen molar-refractivity contribution in [3.8, 4) is 6.07 Å². The summed E-state index contributed by atoms with van der Waals surface area (Å²) >= 11 is 1.41. The molecule has 0 spiro atoms. The normalized spacial score (nSPS) is 10.2. The van der Waals surface area contributed by atoms with Crippen molar-refractivity contribution in [3.05, 3.63) is 53.1 Å². The average Bonchev–Trinajstić information content (AvgIpc) is 2.47. The van der Waals surface area contributed by atoms with E-state index in [0.717, 1.165) is 4.90 Å². The highest BCUT2D eigenvalue weighted by molar-refractivity contribution is 7.98.